The van der Waals surface area contributed by atoms with Gasteiger partial charge in [0.05, 0.1) is 5.56 Å². The van der Waals surface area contributed by atoms with Gasteiger partial charge in [0.1, 0.15) is 12.1 Å². The number of hydrogen-bond acceptors (Lipinski definition) is 4. The summed E-state index contributed by atoms with van der Waals surface area (Å²) in [5.74, 6) is -1.11. The molecule has 6 nitrogen and oxygen atoms in total. The summed E-state index contributed by atoms with van der Waals surface area (Å²) in [7, 11) is 0. The number of nitrogens with two attached hydrogens (primary N) is 2. The highest BCUT2D eigenvalue weighted by atomic mass is 16.6. The topological polar surface area (TPSA) is 107 Å². The maximum Gasteiger partial charge on any atom is 0.325 e. The van der Waals surface area contributed by atoms with Gasteiger partial charge in [-0.25, -0.2) is 5.41 Å². The molecule has 0 spiro atoms. The highest BCUT2D eigenvalue weighted by molar-refractivity contribution is 6.43. The second kappa shape index (κ2) is 6.18. The predicted molar refractivity (Wildman–Crippen MR) is 76.0 cm³/mol. The Balaban J connectivity index is 2.76. The first-order chi connectivity index (χ1) is 9.20. The average molecular weight is 278 g/mol. The molecule has 0 aromatic heterocycles. The monoisotopic (exact) mass is 278 g/mol. The normalized spacial score (nSPS) is 10.8. The fraction of sp³-hybridized carbons (Fsp3) is 0.357. The lowest BCUT2D eigenvalue weighted by atomic mass is 10.1. The summed E-state index contributed by atoms with van der Waals surface area (Å²) in [6.45, 7) is 5.34. The van der Waals surface area contributed by atoms with Crippen molar-refractivity contribution in [3.8, 4) is 0 Å². The maximum atomic E-state index is 11.6. The minimum absolute atomic E-state index is 0.0275. The molecule has 1 aromatic rings. The van der Waals surface area contributed by atoms with Crippen molar-refractivity contribution in [3.63, 3.8) is 0 Å². The molecule has 0 saturated carbocycles. The van der Waals surface area contributed by atoms with Gasteiger partial charge in [-0.2, -0.15) is 0 Å². The zero-order valence-corrected chi connectivity index (χ0v) is 11.9. The zero-order valence-electron chi connectivity index (χ0n) is 11.9. The molecule has 0 saturated heterocycles. The number of carbonyl (C=O) groups excluding carboxylic acids is 2. The molecule has 0 aliphatic carbocycles. The lowest BCUT2D eigenvalue weighted by Gasteiger charge is -2.20. The predicted octanol–water partition coefficient (Wildman–Crippen LogP) is -0.526. The summed E-state index contributed by atoms with van der Waals surface area (Å²) in [5, 5.41) is 8.52. The zero-order chi connectivity index (χ0) is 15.3. The number of primary amides is 1. The minimum Gasteiger partial charge on any atom is -0.459 e. The molecule has 0 bridgehead atoms. The molecule has 0 fully saturated rings. The van der Waals surface area contributed by atoms with Crippen molar-refractivity contribution in [1.29, 1.82) is 0 Å². The van der Waals surface area contributed by atoms with Crippen LogP contribution in [0.4, 0.5) is 5.69 Å². The van der Waals surface area contributed by atoms with E-state index in [1.807, 2.05) is 0 Å². The second-order valence-corrected chi connectivity index (χ2v) is 5.26. The van der Waals surface area contributed by atoms with E-state index in [1.54, 1.807) is 45.0 Å². The van der Waals surface area contributed by atoms with Gasteiger partial charge in [0.25, 0.3) is 5.71 Å². The van der Waals surface area contributed by atoms with Crippen molar-refractivity contribution >= 4 is 23.3 Å². The molecule has 0 heterocycles. The molecule has 0 aliphatic rings. The number of nitrogens with one attached hydrogen (secondary N) is 1. The number of hydrogen-bond donors (Lipinski definition) is 3. The van der Waals surface area contributed by atoms with Gasteiger partial charge < -0.3 is 15.8 Å². The van der Waals surface area contributed by atoms with Crippen molar-refractivity contribution in [2.45, 2.75) is 26.4 Å². The smallest absolute Gasteiger partial charge is 0.325 e. The Labute approximate surface area is 117 Å². The van der Waals surface area contributed by atoms with Crippen molar-refractivity contribution in [2.75, 3.05) is 11.9 Å². The van der Waals surface area contributed by atoms with E-state index in [1.165, 1.54) is 0 Å². The van der Waals surface area contributed by atoms with Crippen LogP contribution in [0.25, 0.3) is 0 Å². The van der Waals surface area contributed by atoms with Gasteiger partial charge in [0.15, 0.2) is 0 Å². The van der Waals surface area contributed by atoms with E-state index in [0.29, 0.717) is 11.3 Å². The number of carbonyl (C=O) groups is 2. The van der Waals surface area contributed by atoms with E-state index >= 15 is 0 Å². The van der Waals surface area contributed by atoms with Crippen LogP contribution in [0.15, 0.2) is 24.3 Å². The van der Waals surface area contributed by atoms with Crippen LogP contribution in [0.1, 0.15) is 26.3 Å². The van der Waals surface area contributed by atoms with Crippen LogP contribution in [0.2, 0.25) is 0 Å². The Morgan fingerprint density at radius 2 is 1.90 bits per heavy atom. The standard InChI is InChI=1S/C14H19N3O3/c1-14(2,3)20-11(18)8-17-10-7-5-4-6-9(10)12(15)13(16)19/h4-7,15,17H,8H2,1-3H3,(H2,16,19)/p+1. The number of rotatable bonds is 5. The molecule has 0 unspecified atom stereocenters. The molecule has 108 valence electrons. The number of amides is 1. The first-order valence-corrected chi connectivity index (χ1v) is 6.18. The summed E-state index contributed by atoms with van der Waals surface area (Å²) in [4.78, 5) is 22.8. The fourth-order valence-corrected chi connectivity index (χ4v) is 1.55. The van der Waals surface area contributed by atoms with Gasteiger partial charge in [-0.3, -0.25) is 9.59 Å². The van der Waals surface area contributed by atoms with Crippen molar-refractivity contribution < 1.29 is 19.7 Å². The third-order valence-corrected chi connectivity index (χ3v) is 2.33. The summed E-state index contributed by atoms with van der Waals surface area (Å²) in [6, 6.07) is 6.84. The average Bonchev–Trinajstić information content (AvgIpc) is 2.33. The number of ether oxygens (including phenoxy) is 1. The molecule has 6 heteroatoms. The van der Waals surface area contributed by atoms with E-state index < -0.39 is 17.5 Å². The molecule has 1 rings (SSSR count). The molecule has 0 radical (unpaired) electrons. The van der Waals surface area contributed by atoms with Crippen LogP contribution < -0.4 is 16.5 Å². The fourth-order valence-electron chi connectivity index (χ4n) is 1.55. The number of esters is 1. The Bertz CT molecular complexity index is 533. The van der Waals surface area contributed by atoms with Gasteiger partial charge in [0.2, 0.25) is 0 Å². The van der Waals surface area contributed by atoms with Gasteiger partial charge in [-0.1, -0.05) is 12.1 Å². The molecule has 0 aliphatic heterocycles. The Kier molecular flexibility index (Phi) is 4.85. The second-order valence-electron chi connectivity index (χ2n) is 5.26. The largest absolute Gasteiger partial charge is 0.459 e. The van der Waals surface area contributed by atoms with Gasteiger partial charge in [-0.15, -0.1) is 0 Å². The van der Waals surface area contributed by atoms with Crippen LogP contribution in [0, 0.1) is 0 Å². The third-order valence-electron chi connectivity index (χ3n) is 2.33. The molecular weight excluding hydrogens is 258 g/mol. The van der Waals surface area contributed by atoms with Crippen molar-refractivity contribution in [1.82, 2.24) is 0 Å². The van der Waals surface area contributed by atoms with Gasteiger partial charge >= 0.3 is 11.9 Å². The lowest BCUT2D eigenvalue weighted by Crippen LogP contribution is -2.48. The summed E-state index contributed by atoms with van der Waals surface area (Å²) in [6.07, 6.45) is 0. The van der Waals surface area contributed by atoms with E-state index in [0.717, 1.165) is 0 Å². The number of benzene rings is 1. The van der Waals surface area contributed by atoms with Gasteiger partial charge in [0, 0.05) is 5.69 Å². The lowest BCUT2D eigenvalue weighted by molar-refractivity contribution is -0.152. The SMILES string of the molecule is CC(C)(C)OC(=O)CNc1ccccc1C(=[NH2+])C(N)=O. The highest BCUT2D eigenvalue weighted by Gasteiger charge is 2.19. The van der Waals surface area contributed by atoms with E-state index in [-0.39, 0.29) is 12.3 Å². The Morgan fingerprint density at radius 1 is 1.30 bits per heavy atom. The van der Waals surface area contributed by atoms with Crippen LogP contribution in [-0.4, -0.2) is 29.7 Å². The van der Waals surface area contributed by atoms with Crippen LogP contribution >= 0.6 is 0 Å². The molecule has 20 heavy (non-hydrogen) atoms. The number of para-hydroxylation sites is 1. The summed E-state index contributed by atoms with van der Waals surface area (Å²) >= 11 is 0. The molecule has 0 atom stereocenters. The minimum atomic E-state index is -0.712. The van der Waals surface area contributed by atoms with Crippen LogP contribution in [-0.2, 0) is 14.3 Å². The van der Waals surface area contributed by atoms with E-state index in [2.05, 4.69) is 5.32 Å². The number of anilines is 1. The maximum absolute atomic E-state index is 11.6. The van der Waals surface area contributed by atoms with E-state index in [4.69, 9.17) is 15.9 Å². The summed E-state index contributed by atoms with van der Waals surface area (Å²) < 4.78 is 5.18. The van der Waals surface area contributed by atoms with Crippen molar-refractivity contribution in [3.05, 3.63) is 29.8 Å². The van der Waals surface area contributed by atoms with Gasteiger partial charge in [-0.05, 0) is 32.9 Å². The first kappa shape index (κ1) is 15.7. The highest BCUT2D eigenvalue weighted by Crippen LogP contribution is 2.15. The molecule has 1 aromatic carbocycles. The van der Waals surface area contributed by atoms with Crippen LogP contribution in [0.5, 0.6) is 0 Å². The Hall–Kier alpha value is -2.37. The van der Waals surface area contributed by atoms with Crippen LogP contribution in [0.3, 0.4) is 0 Å². The molecular formula is C14H20N3O3+. The first-order valence-electron chi connectivity index (χ1n) is 6.18. The third kappa shape index (κ3) is 4.72. The van der Waals surface area contributed by atoms with E-state index in [9.17, 15) is 9.59 Å². The Morgan fingerprint density at radius 3 is 2.45 bits per heavy atom. The summed E-state index contributed by atoms with van der Waals surface area (Å²) in [5.41, 5.74) is 5.56. The van der Waals surface area contributed by atoms with Crippen molar-refractivity contribution in [2.24, 2.45) is 5.73 Å². The quantitative estimate of drug-likeness (QED) is 0.497. The molecule has 1 amide bonds. The molecule has 5 N–H and O–H groups in total.